The molecular weight excluding hydrogens is 484 g/mol. The first-order valence-electron chi connectivity index (χ1n) is 11.4. The highest BCUT2D eigenvalue weighted by molar-refractivity contribution is 7.18. The van der Waals surface area contributed by atoms with Crippen molar-refractivity contribution in [1.29, 1.82) is 0 Å². The lowest BCUT2D eigenvalue weighted by molar-refractivity contribution is 0.0506. The minimum atomic E-state index is -0.626. The second-order valence-corrected chi connectivity index (χ2v) is 8.95. The van der Waals surface area contributed by atoms with Crippen molar-refractivity contribution in [3.8, 4) is 11.3 Å². The quantitative estimate of drug-likeness (QED) is 0.353. The molecule has 0 aliphatic rings. The molecule has 4 heterocycles. The number of nitrogens with zero attached hydrogens (tertiary/aromatic N) is 5. The molecule has 188 valence electrons. The van der Waals surface area contributed by atoms with Gasteiger partial charge in [-0.3, -0.25) is 9.48 Å². The van der Waals surface area contributed by atoms with Crippen molar-refractivity contribution in [3.05, 3.63) is 51.9 Å². The normalized spacial score (nSPS) is 11.0. The van der Waals surface area contributed by atoms with Gasteiger partial charge in [-0.25, -0.2) is 19.1 Å². The van der Waals surface area contributed by atoms with Crippen LogP contribution in [-0.2, 0) is 16.0 Å². The van der Waals surface area contributed by atoms with Crippen LogP contribution < -0.4 is 5.32 Å². The number of ether oxygens (including phenoxy) is 2. The number of esters is 2. The lowest BCUT2D eigenvalue weighted by atomic mass is 10.1. The molecule has 0 unspecified atom stereocenters. The monoisotopic (exact) mass is 510 g/mol. The fraction of sp³-hybridized carbons (Fsp3) is 0.333. The Kier molecular flexibility index (Phi) is 7.15. The zero-order chi connectivity index (χ0) is 26.0. The molecule has 0 aliphatic carbocycles. The molecule has 0 aliphatic heterocycles. The minimum Gasteiger partial charge on any atom is -0.465 e. The third-order valence-corrected chi connectivity index (χ3v) is 6.84. The molecule has 0 aromatic carbocycles. The van der Waals surface area contributed by atoms with Crippen molar-refractivity contribution in [2.24, 2.45) is 0 Å². The fourth-order valence-electron chi connectivity index (χ4n) is 3.80. The number of methoxy groups -OCH3 is 1. The number of nitrogens with one attached hydrogen (secondary N) is 1. The molecule has 36 heavy (non-hydrogen) atoms. The summed E-state index contributed by atoms with van der Waals surface area (Å²) in [6.45, 7) is 8.39. The van der Waals surface area contributed by atoms with Gasteiger partial charge in [0, 0.05) is 30.1 Å². The second kappa shape index (κ2) is 10.3. The van der Waals surface area contributed by atoms with Crippen LogP contribution in [0, 0.1) is 13.8 Å². The van der Waals surface area contributed by atoms with Gasteiger partial charge in [-0.15, -0.1) is 11.3 Å². The first-order chi connectivity index (χ1) is 17.3. The van der Waals surface area contributed by atoms with Crippen molar-refractivity contribution in [2.75, 3.05) is 19.0 Å². The number of hydrogen-bond acceptors (Lipinski definition) is 9. The molecule has 1 N–H and O–H groups in total. The van der Waals surface area contributed by atoms with Gasteiger partial charge in [0.25, 0.3) is 5.91 Å². The number of rotatable bonds is 8. The Balaban J connectivity index is 1.71. The molecule has 11 nitrogen and oxygen atoms in total. The van der Waals surface area contributed by atoms with Crippen molar-refractivity contribution in [2.45, 2.75) is 40.7 Å². The maximum atomic E-state index is 13.2. The van der Waals surface area contributed by atoms with Crippen molar-refractivity contribution in [3.63, 3.8) is 0 Å². The number of carbonyl (C=O) groups excluding carboxylic acids is 3. The second-order valence-electron chi connectivity index (χ2n) is 7.93. The summed E-state index contributed by atoms with van der Waals surface area (Å²) in [6, 6.07) is 3.36. The molecular formula is C24H26N6O5S. The third kappa shape index (κ3) is 4.47. The van der Waals surface area contributed by atoms with Crippen LogP contribution in [0.2, 0.25) is 0 Å². The van der Waals surface area contributed by atoms with E-state index >= 15 is 0 Å². The number of hydrogen-bond donors (Lipinski definition) is 1. The number of aromatic nitrogens is 5. The first kappa shape index (κ1) is 25.0. The lowest BCUT2D eigenvalue weighted by Crippen LogP contribution is -2.15. The highest BCUT2D eigenvalue weighted by Gasteiger charge is 2.28. The van der Waals surface area contributed by atoms with Gasteiger partial charge in [-0.2, -0.15) is 10.2 Å². The van der Waals surface area contributed by atoms with Crippen LogP contribution in [0.15, 0.2) is 24.5 Å². The van der Waals surface area contributed by atoms with Crippen LogP contribution in [0.1, 0.15) is 62.0 Å². The summed E-state index contributed by atoms with van der Waals surface area (Å²) >= 11 is 0.949. The van der Waals surface area contributed by atoms with E-state index in [2.05, 4.69) is 20.5 Å². The van der Waals surface area contributed by atoms with Gasteiger partial charge in [0.1, 0.15) is 9.88 Å². The van der Waals surface area contributed by atoms with Crippen LogP contribution >= 0.6 is 11.3 Å². The third-order valence-electron chi connectivity index (χ3n) is 5.66. The largest absolute Gasteiger partial charge is 0.465 e. The Morgan fingerprint density at radius 2 is 1.94 bits per heavy atom. The standard InChI is InChI=1S/C24H26N6O5S/c1-6-10-35-23(32)19-13(3)20(24(33)34-5)36-22(19)27-21(31)16-11-18-25-9-8-17(30(18)28-16)15-12-26-29(7-2)14(15)4/h8-9,11-12H,6-7,10H2,1-5H3,(H,27,31). The van der Waals surface area contributed by atoms with E-state index in [0.29, 0.717) is 17.6 Å². The zero-order valence-electron chi connectivity index (χ0n) is 20.6. The first-order valence-corrected chi connectivity index (χ1v) is 12.2. The summed E-state index contributed by atoms with van der Waals surface area (Å²) < 4.78 is 13.6. The van der Waals surface area contributed by atoms with Crippen LogP contribution in [-0.4, -0.2) is 55.9 Å². The minimum absolute atomic E-state index is 0.0917. The molecule has 12 heteroatoms. The molecule has 4 rings (SSSR count). The van der Waals surface area contributed by atoms with Gasteiger partial charge in [-0.05, 0) is 38.8 Å². The molecule has 0 saturated carbocycles. The summed E-state index contributed by atoms with van der Waals surface area (Å²) in [5, 5.41) is 11.8. The number of aryl methyl sites for hydroxylation is 1. The van der Waals surface area contributed by atoms with E-state index in [-0.39, 0.29) is 27.7 Å². The summed E-state index contributed by atoms with van der Waals surface area (Å²) in [6.07, 6.45) is 4.03. The number of anilines is 1. The molecule has 0 radical (unpaired) electrons. The number of thiophene rings is 1. The summed E-state index contributed by atoms with van der Waals surface area (Å²) in [5.74, 6) is -1.79. The number of carbonyl (C=O) groups is 3. The molecule has 4 aromatic rings. The Bertz CT molecular complexity index is 1470. The summed E-state index contributed by atoms with van der Waals surface area (Å²) in [5.41, 5.74) is 3.64. The van der Waals surface area contributed by atoms with Gasteiger partial charge < -0.3 is 14.8 Å². The topological polar surface area (TPSA) is 130 Å². The number of amides is 1. The van der Waals surface area contributed by atoms with Crippen molar-refractivity contribution >= 4 is 39.8 Å². The summed E-state index contributed by atoms with van der Waals surface area (Å²) in [4.78, 5) is 42.7. The van der Waals surface area contributed by atoms with E-state index in [1.54, 1.807) is 36.0 Å². The maximum absolute atomic E-state index is 13.2. The molecule has 0 atom stereocenters. The lowest BCUT2D eigenvalue weighted by Gasteiger charge is -2.07. The maximum Gasteiger partial charge on any atom is 0.348 e. The molecule has 0 saturated heterocycles. The Morgan fingerprint density at radius 1 is 1.17 bits per heavy atom. The van der Waals surface area contributed by atoms with E-state index in [1.165, 1.54) is 7.11 Å². The van der Waals surface area contributed by atoms with Crippen molar-refractivity contribution in [1.82, 2.24) is 24.4 Å². The smallest absolute Gasteiger partial charge is 0.348 e. The van der Waals surface area contributed by atoms with E-state index in [0.717, 1.165) is 34.8 Å². The predicted octanol–water partition coefficient (Wildman–Crippen LogP) is 3.90. The van der Waals surface area contributed by atoms with Crippen LogP contribution in [0.5, 0.6) is 0 Å². The van der Waals surface area contributed by atoms with Crippen LogP contribution in [0.3, 0.4) is 0 Å². The molecule has 4 aromatic heterocycles. The Hall–Kier alpha value is -4.06. The van der Waals surface area contributed by atoms with Crippen LogP contribution in [0.25, 0.3) is 16.9 Å². The molecule has 0 bridgehead atoms. The SMILES string of the molecule is CCCOC(=O)c1c(NC(=O)c2cc3nccc(-c4cnn(CC)c4C)n3n2)sc(C(=O)OC)c1C. The van der Waals surface area contributed by atoms with Crippen LogP contribution in [0.4, 0.5) is 5.00 Å². The highest BCUT2D eigenvalue weighted by atomic mass is 32.1. The Morgan fingerprint density at radius 3 is 2.61 bits per heavy atom. The van der Waals surface area contributed by atoms with Gasteiger partial charge in [-0.1, -0.05) is 6.92 Å². The van der Waals surface area contributed by atoms with E-state index in [1.807, 2.05) is 25.5 Å². The predicted molar refractivity (Wildman–Crippen MR) is 134 cm³/mol. The van der Waals surface area contributed by atoms with Crippen molar-refractivity contribution < 1.29 is 23.9 Å². The molecule has 0 spiro atoms. The van der Waals surface area contributed by atoms with E-state index < -0.39 is 17.8 Å². The van der Waals surface area contributed by atoms with E-state index in [9.17, 15) is 14.4 Å². The molecule has 0 fully saturated rings. The fourth-order valence-corrected chi connectivity index (χ4v) is 4.90. The molecule has 1 amide bonds. The van der Waals surface area contributed by atoms with Gasteiger partial charge in [0.05, 0.1) is 31.2 Å². The number of fused-ring (bicyclic) bond motifs is 1. The highest BCUT2D eigenvalue weighted by Crippen LogP contribution is 2.34. The van der Waals surface area contributed by atoms with Gasteiger partial charge in [0.2, 0.25) is 0 Å². The zero-order valence-corrected chi connectivity index (χ0v) is 21.4. The van der Waals surface area contributed by atoms with E-state index in [4.69, 9.17) is 9.47 Å². The summed E-state index contributed by atoms with van der Waals surface area (Å²) in [7, 11) is 1.25. The Labute approximate surface area is 211 Å². The van der Waals surface area contributed by atoms with Gasteiger partial charge in [0.15, 0.2) is 11.3 Å². The van der Waals surface area contributed by atoms with Gasteiger partial charge >= 0.3 is 11.9 Å². The average molecular weight is 511 g/mol. The average Bonchev–Trinajstić information content (AvgIpc) is 3.56.